The van der Waals surface area contributed by atoms with Gasteiger partial charge in [-0.1, -0.05) is 12.8 Å². The average Bonchev–Trinajstić information content (AvgIpc) is 2.68. The van der Waals surface area contributed by atoms with Gasteiger partial charge < -0.3 is 20.3 Å². The fraction of sp³-hybridized carbons (Fsp3) is 0.923. The minimum absolute atomic E-state index is 0.0736. The van der Waals surface area contributed by atoms with E-state index in [1.807, 2.05) is 0 Å². The maximum Gasteiger partial charge on any atom is 0.239 e. The van der Waals surface area contributed by atoms with Crippen molar-refractivity contribution in [2.75, 3.05) is 45.9 Å². The van der Waals surface area contributed by atoms with Crippen LogP contribution in [-0.4, -0.2) is 62.8 Å². The molecule has 0 saturated carbocycles. The van der Waals surface area contributed by atoms with Crippen molar-refractivity contribution in [2.24, 2.45) is 0 Å². The van der Waals surface area contributed by atoms with E-state index in [2.05, 4.69) is 15.5 Å². The van der Waals surface area contributed by atoms with Crippen molar-refractivity contribution in [3.8, 4) is 0 Å². The van der Waals surface area contributed by atoms with Crippen molar-refractivity contribution in [3.05, 3.63) is 0 Å². The summed E-state index contributed by atoms with van der Waals surface area (Å²) in [5, 5.41) is 6.16. The van der Waals surface area contributed by atoms with Gasteiger partial charge in [-0.3, -0.25) is 4.79 Å². The lowest BCUT2D eigenvalue weighted by Gasteiger charge is -2.24. The monoisotopic (exact) mass is 255 g/mol. The van der Waals surface area contributed by atoms with Crippen LogP contribution >= 0.6 is 0 Å². The Kier molecular flexibility index (Phi) is 5.90. The summed E-state index contributed by atoms with van der Waals surface area (Å²) in [6.07, 6.45) is 5.30. The molecule has 0 spiro atoms. The smallest absolute Gasteiger partial charge is 0.239 e. The van der Waals surface area contributed by atoms with E-state index in [1.165, 1.54) is 38.8 Å². The molecule has 0 aromatic heterocycles. The third-order valence-electron chi connectivity index (χ3n) is 3.66. The topological polar surface area (TPSA) is 53.6 Å². The Morgan fingerprint density at radius 1 is 1.28 bits per heavy atom. The van der Waals surface area contributed by atoms with Gasteiger partial charge in [-0.2, -0.15) is 0 Å². The summed E-state index contributed by atoms with van der Waals surface area (Å²) in [5.74, 6) is 0.0736. The molecular formula is C13H25N3O2. The fourth-order valence-corrected chi connectivity index (χ4v) is 2.55. The molecule has 1 unspecified atom stereocenters. The first kappa shape index (κ1) is 13.8. The molecule has 0 aromatic carbocycles. The van der Waals surface area contributed by atoms with Crippen molar-refractivity contribution >= 4 is 5.91 Å². The Bertz CT molecular complexity index is 247. The third-order valence-corrected chi connectivity index (χ3v) is 3.66. The predicted molar refractivity (Wildman–Crippen MR) is 70.5 cm³/mol. The minimum Gasteiger partial charge on any atom is -0.378 e. The molecule has 5 nitrogen and oxygen atoms in total. The highest BCUT2D eigenvalue weighted by atomic mass is 16.5. The summed E-state index contributed by atoms with van der Waals surface area (Å²) < 4.78 is 5.28. The second-order valence-corrected chi connectivity index (χ2v) is 5.13. The summed E-state index contributed by atoms with van der Waals surface area (Å²) in [6.45, 7) is 6.05. The van der Waals surface area contributed by atoms with Crippen molar-refractivity contribution < 1.29 is 9.53 Å². The standard InChI is InChI=1S/C13H25N3O2/c17-13(12-11-18-10-6-14-12)15-5-9-16-7-3-1-2-4-8-16/h12,14H,1-11H2,(H,15,17). The summed E-state index contributed by atoms with van der Waals surface area (Å²) in [7, 11) is 0. The zero-order valence-corrected chi connectivity index (χ0v) is 11.1. The maximum atomic E-state index is 11.8. The number of ether oxygens (including phenoxy) is 1. The van der Waals surface area contributed by atoms with E-state index in [-0.39, 0.29) is 11.9 Å². The molecule has 2 heterocycles. The Balaban J connectivity index is 1.60. The second kappa shape index (κ2) is 7.71. The lowest BCUT2D eigenvalue weighted by Crippen LogP contribution is -2.52. The van der Waals surface area contributed by atoms with Gasteiger partial charge in [0.15, 0.2) is 0 Å². The molecule has 1 atom stereocenters. The van der Waals surface area contributed by atoms with Crippen LogP contribution in [0.15, 0.2) is 0 Å². The normalized spacial score (nSPS) is 26.6. The van der Waals surface area contributed by atoms with Crippen LogP contribution in [-0.2, 0) is 9.53 Å². The molecule has 2 aliphatic heterocycles. The number of hydrogen-bond donors (Lipinski definition) is 2. The molecule has 5 heteroatoms. The summed E-state index contributed by atoms with van der Waals surface area (Å²) in [6, 6.07) is -0.164. The van der Waals surface area contributed by atoms with Crippen LogP contribution in [0.1, 0.15) is 25.7 Å². The summed E-state index contributed by atoms with van der Waals surface area (Å²) in [4.78, 5) is 14.3. The highest BCUT2D eigenvalue weighted by molar-refractivity contribution is 5.81. The minimum atomic E-state index is -0.164. The number of rotatable bonds is 4. The second-order valence-electron chi connectivity index (χ2n) is 5.13. The number of nitrogens with one attached hydrogen (secondary N) is 2. The lowest BCUT2D eigenvalue weighted by molar-refractivity contribution is -0.125. The number of amides is 1. The predicted octanol–water partition coefficient (Wildman–Crippen LogP) is -0.0330. The third kappa shape index (κ3) is 4.55. The zero-order chi connectivity index (χ0) is 12.6. The van der Waals surface area contributed by atoms with Crippen LogP contribution in [0.2, 0.25) is 0 Å². The maximum absolute atomic E-state index is 11.8. The molecule has 2 N–H and O–H groups in total. The number of carbonyl (C=O) groups excluding carboxylic acids is 1. The van der Waals surface area contributed by atoms with Gasteiger partial charge in [0.25, 0.3) is 0 Å². The van der Waals surface area contributed by atoms with Crippen molar-refractivity contribution in [3.63, 3.8) is 0 Å². The van der Waals surface area contributed by atoms with E-state index < -0.39 is 0 Å². The first-order valence-electron chi connectivity index (χ1n) is 7.17. The van der Waals surface area contributed by atoms with Gasteiger partial charge in [-0.15, -0.1) is 0 Å². The molecule has 2 rings (SSSR count). The summed E-state index contributed by atoms with van der Waals surface area (Å²) in [5.41, 5.74) is 0. The largest absolute Gasteiger partial charge is 0.378 e. The molecule has 2 saturated heterocycles. The first-order chi connectivity index (χ1) is 8.86. The molecular weight excluding hydrogens is 230 g/mol. The van der Waals surface area contributed by atoms with E-state index in [0.717, 1.165) is 19.6 Å². The van der Waals surface area contributed by atoms with Crippen molar-refractivity contribution in [2.45, 2.75) is 31.7 Å². The molecule has 0 bridgehead atoms. The van der Waals surface area contributed by atoms with E-state index in [1.54, 1.807) is 0 Å². The van der Waals surface area contributed by atoms with Gasteiger partial charge in [0.05, 0.1) is 13.2 Å². The molecule has 104 valence electrons. The van der Waals surface area contributed by atoms with E-state index >= 15 is 0 Å². The average molecular weight is 255 g/mol. The molecule has 2 aliphatic rings. The highest BCUT2D eigenvalue weighted by Gasteiger charge is 2.20. The number of morpholine rings is 1. The zero-order valence-electron chi connectivity index (χ0n) is 11.1. The van der Waals surface area contributed by atoms with E-state index in [4.69, 9.17) is 4.74 Å². The molecule has 2 fully saturated rings. The van der Waals surface area contributed by atoms with Crippen LogP contribution in [0, 0.1) is 0 Å². The summed E-state index contributed by atoms with van der Waals surface area (Å²) >= 11 is 0. The Hall–Kier alpha value is -0.650. The highest BCUT2D eigenvalue weighted by Crippen LogP contribution is 2.08. The molecule has 0 radical (unpaired) electrons. The van der Waals surface area contributed by atoms with Crippen LogP contribution in [0.5, 0.6) is 0 Å². The molecule has 0 aliphatic carbocycles. The van der Waals surface area contributed by atoms with Gasteiger partial charge in [0, 0.05) is 19.6 Å². The van der Waals surface area contributed by atoms with Crippen LogP contribution in [0.4, 0.5) is 0 Å². The molecule has 1 amide bonds. The van der Waals surface area contributed by atoms with Gasteiger partial charge in [0.1, 0.15) is 6.04 Å². The fourth-order valence-electron chi connectivity index (χ4n) is 2.55. The number of nitrogens with zero attached hydrogens (tertiary/aromatic N) is 1. The number of hydrogen-bond acceptors (Lipinski definition) is 4. The van der Waals surface area contributed by atoms with Gasteiger partial charge in [-0.05, 0) is 25.9 Å². The van der Waals surface area contributed by atoms with E-state index in [9.17, 15) is 4.79 Å². The van der Waals surface area contributed by atoms with Crippen molar-refractivity contribution in [1.29, 1.82) is 0 Å². The SMILES string of the molecule is O=C(NCCN1CCCCCC1)C1COCCN1. The van der Waals surface area contributed by atoms with Gasteiger partial charge >= 0.3 is 0 Å². The first-order valence-corrected chi connectivity index (χ1v) is 7.17. The van der Waals surface area contributed by atoms with Gasteiger partial charge in [0.2, 0.25) is 5.91 Å². The Morgan fingerprint density at radius 3 is 2.72 bits per heavy atom. The Labute approximate surface area is 109 Å². The van der Waals surface area contributed by atoms with Crippen molar-refractivity contribution in [1.82, 2.24) is 15.5 Å². The number of carbonyl (C=O) groups is 1. The number of likely N-dealkylation sites (tertiary alicyclic amines) is 1. The van der Waals surface area contributed by atoms with Crippen LogP contribution in [0.3, 0.4) is 0 Å². The molecule has 0 aromatic rings. The van der Waals surface area contributed by atoms with E-state index in [0.29, 0.717) is 13.2 Å². The van der Waals surface area contributed by atoms with Crippen LogP contribution in [0.25, 0.3) is 0 Å². The molecule has 18 heavy (non-hydrogen) atoms. The van der Waals surface area contributed by atoms with Gasteiger partial charge in [-0.25, -0.2) is 0 Å². The quantitative estimate of drug-likeness (QED) is 0.740. The Morgan fingerprint density at radius 2 is 2.06 bits per heavy atom. The lowest BCUT2D eigenvalue weighted by atomic mass is 10.2. The van der Waals surface area contributed by atoms with Crippen LogP contribution < -0.4 is 10.6 Å².